The molecule has 0 amide bonds. The Bertz CT molecular complexity index is 1240. The van der Waals surface area contributed by atoms with E-state index in [1.165, 1.54) is 15.8 Å². The Morgan fingerprint density at radius 1 is 1.00 bits per heavy atom. The summed E-state index contributed by atoms with van der Waals surface area (Å²) in [5, 5.41) is 0.715. The number of hydrogen-bond acceptors (Lipinski definition) is 4. The van der Waals surface area contributed by atoms with E-state index in [9.17, 15) is 9.59 Å². The first-order chi connectivity index (χ1) is 13.7. The van der Waals surface area contributed by atoms with Gasteiger partial charge in [-0.15, -0.1) is 11.3 Å². The van der Waals surface area contributed by atoms with Crippen LogP contribution in [-0.4, -0.2) is 15.3 Å². The fraction of sp³-hybridized carbons (Fsp3) is 0.174. The van der Waals surface area contributed by atoms with Crippen LogP contribution in [0.2, 0.25) is 0 Å². The van der Waals surface area contributed by atoms with Crippen molar-refractivity contribution >= 4 is 27.3 Å². The molecule has 0 aliphatic heterocycles. The molecule has 0 radical (unpaired) electrons. The van der Waals surface area contributed by atoms with Gasteiger partial charge < -0.3 is 0 Å². The lowest BCUT2D eigenvalue weighted by molar-refractivity contribution is 0.0970. The summed E-state index contributed by atoms with van der Waals surface area (Å²) >= 11 is 1.61. The number of aryl methyl sites for hydroxylation is 2. The smallest absolute Gasteiger partial charge is 0.262 e. The highest BCUT2D eigenvalue weighted by Crippen LogP contribution is 2.34. The number of aromatic nitrogens is 2. The average Bonchev–Trinajstić information content (AvgIpc) is 3.32. The zero-order valence-electron chi connectivity index (χ0n) is 15.2. The van der Waals surface area contributed by atoms with Crippen LogP contribution in [-0.2, 0) is 19.4 Å². The van der Waals surface area contributed by atoms with Crippen LogP contribution in [0.25, 0.3) is 21.3 Å². The fourth-order valence-corrected chi connectivity index (χ4v) is 5.08. The quantitative estimate of drug-likeness (QED) is 0.485. The molecule has 1 aliphatic carbocycles. The van der Waals surface area contributed by atoms with Gasteiger partial charge in [-0.1, -0.05) is 54.6 Å². The van der Waals surface area contributed by atoms with Crippen molar-refractivity contribution in [2.24, 2.45) is 0 Å². The molecular formula is C23H18N2O2S. The number of rotatable bonds is 4. The lowest BCUT2D eigenvalue weighted by Gasteiger charge is -2.07. The summed E-state index contributed by atoms with van der Waals surface area (Å²) in [6.45, 7) is 0.0110. The van der Waals surface area contributed by atoms with Gasteiger partial charge in [0.2, 0.25) is 0 Å². The molecule has 0 bridgehead atoms. The van der Waals surface area contributed by atoms with Gasteiger partial charge >= 0.3 is 0 Å². The van der Waals surface area contributed by atoms with E-state index in [-0.39, 0.29) is 17.9 Å². The molecule has 0 spiro atoms. The number of thiophene rings is 1. The van der Waals surface area contributed by atoms with Crippen molar-refractivity contribution in [2.75, 3.05) is 0 Å². The summed E-state index contributed by atoms with van der Waals surface area (Å²) in [6, 6.07) is 17.6. The molecule has 28 heavy (non-hydrogen) atoms. The zero-order chi connectivity index (χ0) is 19.1. The van der Waals surface area contributed by atoms with Crippen LogP contribution in [0.15, 0.2) is 65.7 Å². The van der Waals surface area contributed by atoms with Crippen molar-refractivity contribution in [2.45, 2.75) is 25.8 Å². The Labute approximate surface area is 166 Å². The Morgan fingerprint density at radius 2 is 1.75 bits per heavy atom. The third kappa shape index (κ3) is 2.88. The van der Waals surface area contributed by atoms with Crippen LogP contribution in [0.3, 0.4) is 0 Å². The number of carbonyl (C=O) groups is 1. The van der Waals surface area contributed by atoms with Crippen molar-refractivity contribution < 1.29 is 4.79 Å². The van der Waals surface area contributed by atoms with E-state index >= 15 is 0 Å². The Balaban J connectivity index is 1.43. The molecule has 0 saturated heterocycles. The van der Waals surface area contributed by atoms with Gasteiger partial charge in [0.05, 0.1) is 18.3 Å². The highest BCUT2D eigenvalue weighted by atomic mass is 32.1. The molecule has 0 saturated carbocycles. The van der Waals surface area contributed by atoms with Gasteiger partial charge in [0.25, 0.3) is 5.56 Å². The topological polar surface area (TPSA) is 52.0 Å². The number of Topliss-reactive ketones (excluding diaryl/α,β-unsaturated/α-hetero) is 1. The van der Waals surface area contributed by atoms with Gasteiger partial charge in [-0.05, 0) is 36.0 Å². The maximum atomic E-state index is 12.9. The van der Waals surface area contributed by atoms with Gasteiger partial charge in [0, 0.05) is 10.4 Å². The minimum atomic E-state index is -0.0985. The lowest BCUT2D eigenvalue weighted by atomic mass is 10.0. The SMILES string of the molecule is O=C(Cn1cnc2sc3c(c2c1=O)CCC3)c1ccc(-c2ccccc2)cc1. The predicted molar refractivity (Wildman–Crippen MR) is 112 cm³/mol. The van der Waals surface area contributed by atoms with E-state index < -0.39 is 0 Å². The van der Waals surface area contributed by atoms with Crippen molar-refractivity contribution in [3.63, 3.8) is 0 Å². The second-order valence-electron chi connectivity index (χ2n) is 7.08. The van der Waals surface area contributed by atoms with E-state index in [2.05, 4.69) is 4.98 Å². The zero-order valence-corrected chi connectivity index (χ0v) is 16.0. The molecule has 0 fully saturated rings. The Kier molecular flexibility index (Phi) is 4.17. The molecule has 138 valence electrons. The number of fused-ring (bicyclic) bond motifs is 3. The largest absolute Gasteiger partial charge is 0.292 e. The van der Waals surface area contributed by atoms with Crippen molar-refractivity contribution in [1.82, 2.24) is 9.55 Å². The molecule has 0 atom stereocenters. The number of benzene rings is 2. The molecular weight excluding hydrogens is 368 g/mol. The Hall–Kier alpha value is -3.05. The summed E-state index contributed by atoms with van der Waals surface area (Å²) in [5.74, 6) is -0.0882. The van der Waals surface area contributed by atoms with Gasteiger partial charge in [-0.2, -0.15) is 0 Å². The van der Waals surface area contributed by atoms with E-state index in [1.807, 2.05) is 54.6 Å². The molecule has 2 aromatic carbocycles. The molecule has 1 aliphatic rings. The fourth-order valence-electron chi connectivity index (χ4n) is 3.86. The van der Waals surface area contributed by atoms with Crippen molar-refractivity contribution in [3.05, 3.63) is 87.3 Å². The maximum absolute atomic E-state index is 12.9. The molecule has 4 nitrogen and oxygen atoms in total. The summed E-state index contributed by atoms with van der Waals surface area (Å²) in [4.78, 5) is 32.2. The summed E-state index contributed by atoms with van der Waals surface area (Å²) in [7, 11) is 0. The first kappa shape index (κ1) is 17.1. The van der Waals surface area contributed by atoms with Gasteiger partial charge in [-0.3, -0.25) is 14.2 Å². The summed E-state index contributed by atoms with van der Waals surface area (Å²) in [5.41, 5.74) is 3.82. The highest BCUT2D eigenvalue weighted by Gasteiger charge is 2.21. The second-order valence-corrected chi connectivity index (χ2v) is 8.17. The normalized spacial score (nSPS) is 13.0. The van der Waals surface area contributed by atoms with E-state index in [1.54, 1.807) is 11.3 Å². The maximum Gasteiger partial charge on any atom is 0.262 e. The molecule has 5 heteroatoms. The van der Waals surface area contributed by atoms with Gasteiger partial charge in [0.1, 0.15) is 4.83 Å². The molecule has 0 N–H and O–H groups in total. The third-order valence-electron chi connectivity index (χ3n) is 5.32. The highest BCUT2D eigenvalue weighted by molar-refractivity contribution is 7.18. The van der Waals surface area contributed by atoms with Crippen LogP contribution in [0.5, 0.6) is 0 Å². The first-order valence-electron chi connectivity index (χ1n) is 9.39. The molecule has 5 rings (SSSR count). The number of ketones is 1. The lowest BCUT2D eigenvalue weighted by Crippen LogP contribution is -2.24. The third-order valence-corrected chi connectivity index (χ3v) is 6.52. The summed E-state index contributed by atoms with van der Waals surface area (Å²) < 4.78 is 1.45. The minimum absolute atomic E-state index is 0.0110. The van der Waals surface area contributed by atoms with Crippen LogP contribution in [0.4, 0.5) is 0 Å². The van der Waals surface area contributed by atoms with Crippen LogP contribution < -0.4 is 5.56 Å². The molecule has 2 heterocycles. The minimum Gasteiger partial charge on any atom is -0.292 e. The molecule has 0 unspecified atom stereocenters. The number of nitrogens with zero attached hydrogens (tertiary/aromatic N) is 2. The van der Waals surface area contributed by atoms with Gasteiger partial charge in [-0.25, -0.2) is 4.98 Å². The standard InChI is InChI=1S/C23H18N2O2S/c26-19(17-11-9-16(10-12-17)15-5-2-1-3-6-15)13-25-14-24-22-21(23(25)27)18-7-4-8-20(18)28-22/h1-3,5-6,9-12,14H,4,7-8,13H2. The van der Waals surface area contributed by atoms with Gasteiger partial charge in [0.15, 0.2) is 5.78 Å². The van der Waals surface area contributed by atoms with Crippen LogP contribution >= 0.6 is 11.3 Å². The second kappa shape index (κ2) is 6.84. The average molecular weight is 386 g/mol. The van der Waals surface area contributed by atoms with E-state index in [0.29, 0.717) is 10.9 Å². The van der Waals surface area contributed by atoms with Crippen molar-refractivity contribution in [3.8, 4) is 11.1 Å². The number of hydrogen-bond donors (Lipinski definition) is 0. The van der Waals surface area contributed by atoms with Crippen LogP contribution in [0, 0.1) is 0 Å². The number of carbonyl (C=O) groups excluding carboxylic acids is 1. The van der Waals surface area contributed by atoms with Crippen molar-refractivity contribution in [1.29, 1.82) is 0 Å². The van der Waals surface area contributed by atoms with E-state index in [0.717, 1.165) is 40.8 Å². The molecule has 2 aromatic heterocycles. The summed E-state index contributed by atoms with van der Waals surface area (Å²) in [6.07, 6.45) is 4.57. The van der Waals surface area contributed by atoms with Crippen LogP contribution in [0.1, 0.15) is 27.2 Å². The first-order valence-corrected chi connectivity index (χ1v) is 10.2. The predicted octanol–water partition coefficient (Wildman–Crippen LogP) is 4.50. The molecule has 4 aromatic rings. The van der Waals surface area contributed by atoms with E-state index in [4.69, 9.17) is 0 Å². The monoisotopic (exact) mass is 386 g/mol. The Morgan fingerprint density at radius 3 is 2.54 bits per heavy atom.